The number of hydrogen-bond acceptors (Lipinski definition) is 2. The van der Waals surface area contributed by atoms with Gasteiger partial charge in [0.1, 0.15) is 0 Å². The van der Waals surface area contributed by atoms with Crippen LogP contribution in [-0.2, 0) is 4.74 Å². The number of methoxy groups -OCH3 is 1. The van der Waals surface area contributed by atoms with Crippen LogP contribution in [0, 0.1) is 0 Å². The van der Waals surface area contributed by atoms with Gasteiger partial charge in [0.2, 0.25) is 0 Å². The van der Waals surface area contributed by atoms with Gasteiger partial charge in [-0.3, -0.25) is 0 Å². The number of urea groups is 1. The standard InChI is InChI=1S/C6H9F3N2O2/c1-13-5(6(7,8)9)2-11(3-5)4(10)12/h2-3H2,1H3,(H2,10,12). The van der Waals surface area contributed by atoms with E-state index in [0.29, 0.717) is 0 Å². The van der Waals surface area contributed by atoms with Crippen molar-refractivity contribution in [3.05, 3.63) is 0 Å². The minimum absolute atomic E-state index is 0.525. The third kappa shape index (κ3) is 1.43. The second-order valence-corrected chi connectivity index (χ2v) is 2.89. The Labute approximate surface area is 72.4 Å². The molecule has 0 unspecified atom stereocenters. The third-order valence-corrected chi connectivity index (χ3v) is 2.11. The zero-order chi connectivity index (χ0) is 10.3. The fourth-order valence-corrected chi connectivity index (χ4v) is 1.15. The van der Waals surface area contributed by atoms with Crippen LogP contribution in [0.5, 0.6) is 0 Å². The van der Waals surface area contributed by atoms with E-state index in [1.54, 1.807) is 0 Å². The molecule has 1 aliphatic heterocycles. The Balaban J connectivity index is 2.66. The molecule has 0 atom stereocenters. The van der Waals surface area contributed by atoms with Gasteiger partial charge in [0.15, 0.2) is 5.60 Å². The Kier molecular flexibility index (Phi) is 2.15. The lowest BCUT2D eigenvalue weighted by Gasteiger charge is -2.48. The number of alkyl halides is 3. The molecular weight excluding hydrogens is 189 g/mol. The number of hydrogen-bond donors (Lipinski definition) is 1. The predicted molar refractivity (Wildman–Crippen MR) is 37.0 cm³/mol. The smallest absolute Gasteiger partial charge is 0.365 e. The number of carbonyl (C=O) groups is 1. The average molecular weight is 198 g/mol. The Bertz CT molecular complexity index is 222. The predicted octanol–water partition coefficient (Wildman–Crippen LogP) is 0.328. The van der Waals surface area contributed by atoms with E-state index in [2.05, 4.69) is 4.74 Å². The first-order valence-corrected chi connectivity index (χ1v) is 3.49. The molecule has 1 saturated heterocycles. The molecule has 0 aromatic carbocycles. The Hall–Kier alpha value is -0.980. The number of nitrogens with zero attached hydrogens (tertiary/aromatic N) is 1. The molecule has 0 aromatic heterocycles. The van der Waals surface area contributed by atoms with E-state index in [0.717, 1.165) is 12.0 Å². The van der Waals surface area contributed by atoms with Gasteiger partial charge in [-0.05, 0) is 0 Å². The van der Waals surface area contributed by atoms with Crippen molar-refractivity contribution in [1.29, 1.82) is 0 Å². The van der Waals surface area contributed by atoms with Gasteiger partial charge in [0, 0.05) is 7.11 Å². The van der Waals surface area contributed by atoms with E-state index in [9.17, 15) is 18.0 Å². The van der Waals surface area contributed by atoms with Gasteiger partial charge in [0.05, 0.1) is 13.1 Å². The molecule has 13 heavy (non-hydrogen) atoms. The first-order chi connectivity index (χ1) is 5.82. The molecule has 0 radical (unpaired) electrons. The highest BCUT2D eigenvalue weighted by Gasteiger charge is 2.63. The van der Waals surface area contributed by atoms with Crippen molar-refractivity contribution >= 4 is 6.03 Å². The maximum atomic E-state index is 12.3. The maximum absolute atomic E-state index is 12.3. The van der Waals surface area contributed by atoms with Crippen LogP contribution in [0.3, 0.4) is 0 Å². The largest absolute Gasteiger partial charge is 0.420 e. The summed E-state index contributed by atoms with van der Waals surface area (Å²) in [6, 6.07) is -0.864. The quantitative estimate of drug-likeness (QED) is 0.660. The van der Waals surface area contributed by atoms with E-state index in [1.165, 1.54) is 0 Å². The average Bonchev–Trinajstić information content (AvgIpc) is 1.81. The molecule has 7 heteroatoms. The molecule has 1 rings (SSSR count). The van der Waals surface area contributed by atoms with Crippen LogP contribution in [-0.4, -0.2) is 42.9 Å². The van der Waals surface area contributed by atoms with Crippen molar-refractivity contribution in [2.45, 2.75) is 11.8 Å². The first kappa shape index (κ1) is 10.1. The Morgan fingerprint density at radius 3 is 2.23 bits per heavy atom. The van der Waals surface area contributed by atoms with Crippen LogP contribution < -0.4 is 5.73 Å². The van der Waals surface area contributed by atoms with Crippen LogP contribution in [0.15, 0.2) is 0 Å². The zero-order valence-corrected chi connectivity index (χ0v) is 6.89. The molecule has 1 aliphatic rings. The topological polar surface area (TPSA) is 55.6 Å². The van der Waals surface area contributed by atoms with Gasteiger partial charge in [-0.2, -0.15) is 13.2 Å². The van der Waals surface area contributed by atoms with E-state index in [-0.39, 0.29) is 0 Å². The van der Waals surface area contributed by atoms with Crippen molar-refractivity contribution in [3.8, 4) is 0 Å². The molecular formula is C6H9F3N2O2. The summed E-state index contributed by atoms with van der Waals surface area (Å²) in [7, 11) is 0.964. The number of rotatable bonds is 1. The number of ether oxygens (including phenoxy) is 1. The van der Waals surface area contributed by atoms with Gasteiger partial charge in [-0.1, -0.05) is 0 Å². The highest BCUT2D eigenvalue weighted by Crippen LogP contribution is 2.40. The molecule has 2 amide bonds. The fourth-order valence-electron chi connectivity index (χ4n) is 1.15. The van der Waals surface area contributed by atoms with Crippen LogP contribution in [0.2, 0.25) is 0 Å². The first-order valence-electron chi connectivity index (χ1n) is 3.49. The fraction of sp³-hybridized carbons (Fsp3) is 0.833. The number of primary amides is 1. The normalized spacial score (nSPS) is 21.1. The van der Waals surface area contributed by atoms with Gasteiger partial charge in [-0.25, -0.2) is 4.79 Å². The monoisotopic (exact) mass is 198 g/mol. The number of halogens is 3. The summed E-state index contributed by atoms with van der Waals surface area (Å²) in [5.74, 6) is 0. The summed E-state index contributed by atoms with van der Waals surface area (Å²) in [4.78, 5) is 11.3. The van der Waals surface area contributed by atoms with Gasteiger partial charge in [-0.15, -0.1) is 0 Å². The highest BCUT2D eigenvalue weighted by atomic mass is 19.4. The minimum atomic E-state index is -4.46. The van der Waals surface area contributed by atoms with Crippen molar-refractivity contribution < 1.29 is 22.7 Å². The van der Waals surface area contributed by atoms with Crippen molar-refractivity contribution in [2.24, 2.45) is 5.73 Å². The van der Waals surface area contributed by atoms with Gasteiger partial charge in [0.25, 0.3) is 0 Å². The number of carbonyl (C=O) groups excluding carboxylic acids is 1. The lowest BCUT2D eigenvalue weighted by atomic mass is 9.93. The molecule has 0 saturated carbocycles. The summed E-state index contributed by atoms with van der Waals surface area (Å²) in [6.07, 6.45) is -4.46. The Morgan fingerprint density at radius 1 is 1.54 bits per heavy atom. The van der Waals surface area contributed by atoms with E-state index < -0.39 is 30.9 Å². The molecule has 4 nitrogen and oxygen atoms in total. The zero-order valence-electron chi connectivity index (χ0n) is 6.89. The second kappa shape index (κ2) is 2.76. The summed E-state index contributed by atoms with van der Waals surface area (Å²) >= 11 is 0. The third-order valence-electron chi connectivity index (χ3n) is 2.11. The maximum Gasteiger partial charge on any atom is 0.420 e. The van der Waals surface area contributed by atoms with Crippen LogP contribution >= 0.6 is 0 Å². The number of likely N-dealkylation sites (tertiary alicyclic amines) is 1. The SMILES string of the molecule is COC1(C(F)(F)F)CN(C(N)=O)C1. The summed E-state index contributed by atoms with van der Waals surface area (Å²) in [5, 5.41) is 0. The second-order valence-electron chi connectivity index (χ2n) is 2.89. The highest BCUT2D eigenvalue weighted by molar-refractivity contribution is 5.73. The lowest BCUT2D eigenvalue weighted by molar-refractivity contribution is -0.303. The van der Waals surface area contributed by atoms with E-state index in [4.69, 9.17) is 5.73 Å². The van der Waals surface area contributed by atoms with Crippen LogP contribution in [0.4, 0.5) is 18.0 Å². The molecule has 1 fully saturated rings. The molecule has 0 aliphatic carbocycles. The summed E-state index contributed by atoms with van der Waals surface area (Å²) in [6.45, 7) is -1.05. The lowest BCUT2D eigenvalue weighted by Crippen LogP contribution is -2.71. The van der Waals surface area contributed by atoms with Crippen molar-refractivity contribution in [3.63, 3.8) is 0 Å². The van der Waals surface area contributed by atoms with Crippen LogP contribution in [0.25, 0.3) is 0 Å². The van der Waals surface area contributed by atoms with E-state index in [1.807, 2.05) is 0 Å². The summed E-state index contributed by atoms with van der Waals surface area (Å²) in [5.41, 5.74) is 2.56. The molecule has 76 valence electrons. The molecule has 0 spiro atoms. The van der Waals surface area contributed by atoms with Crippen molar-refractivity contribution in [1.82, 2.24) is 4.90 Å². The number of nitrogens with two attached hydrogens (primary N) is 1. The van der Waals surface area contributed by atoms with Gasteiger partial charge < -0.3 is 15.4 Å². The van der Waals surface area contributed by atoms with E-state index >= 15 is 0 Å². The molecule has 2 N–H and O–H groups in total. The molecule has 1 heterocycles. The summed E-state index contributed by atoms with van der Waals surface area (Å²) < 4.78 is 41.2. The van der Waals surface area contributed by atoms with Crippen molar-refractivity contribution in [2.75, 3.05) is 20.2 Å². The Morgan fingerprint density at radius 2 is 2.00 bits per heavy atom. The minimum Gasteiger partial charge on any atom is -0.365 e. The molecule has 0 aromatic rings. The van der Waals surface area contributed by atoms with Crippen LogP contribution in [0.1, 0.15) is 0 Å². The number of amides is 2. The van der Waals surface area contributed by atoms with Gasteiger partial charge >= 0.3 is 12.2 Å². The molecule has 0 bridgehead atoms.